The second kappa shape index (κ2) is 30.1. The van der Waals surface area contributed by atoms with Gasteiger partial charge in [-0.3, -0.25) is 19.9 Å². The van der Waals surface area contributed by atoms with Crippen LogP contribution in [0, 0.1) is 35.5 Å². The molecule has 4 atom stereocenters. The number of nitrogens with one attached hydrogen (secondary N) is 4. The van der Waals surface area contributed by atoms with Crippen LogP contribution in [0.15, 0.2) is 159 Å². The van der Waals surface area contributed by atoms with Crippen molar-refractivity contribution in [3.63, 3.8) is 0 Å². The van der Waals surface area contributed by atoms with E-state index in [4.69, 9.17) is 81.8 Å². The lowest BCUT2D eigenvalue weighted by molar-refractivity contribution is 0.437. The molecule has 8 aliphatic carbocycles. The highest BCUT2D eigenvalue weighted by molar-refractivity contribution is 5.92. The molecule has 4 saturated heterocycles. The molecular formula is C94H100N24O4. The largest absolute Gasteiger partial charge is 0.423 e. The van der Waals surface area contributed by atoms with Crippen LogP contribution in [-0.4, -0.2) is 165 Å². The Labute approximate surface area is 708 Å². The number of ether oxygens (including phenoxy) is 4. The molecule has 0 bridgehead atoms. The van der Waals surface area contributed by atoms with E-state index in [1.807, 2.05) is 90.6 Å². The molecule has 8 fully saturated rings. The summed E-state index contributed by atoms with van der Waals surface area (Å²) in [5, 5.41) is 13.3. The van der Waals surface area contributed by atoms with Gasteiger partial charge in [-0.05, 0) is 183 Å². The van der Waals surface area contributed by atoms with Crippen molar-refractivity contribution in [2.45, 2.75) is 115 Å². The Morgan fingerprint density at radius 3 is 0.795 bits per heavy atom. The van der Waals surface area contributed by atoms with Gasteiger partial charge >= 0.3 is 24.0 Å². The number of nitrogens with zero attached hydrogens (tertiary/aromatic N) is 16. The smallest absolute Gasteiger partial charge is 0.324 e. The van der Waals surface area contributed by atoms with Crippen LogP contribution in [0.25, 0.3) is 44.5 Å². The van der Waals surface area contributed by atoms with Crippen LogP contribution in [0.3, 0.4) is 0 Å². The highest BCUT2D eigenvalue weighted by Crippen LogP contribution is 2.59. The van der Waals surface area contributed by atoms with Gasteiger partial charge in [-0.1, -0.05) is 48.5 Å². The number of hydrogen-bond acceptors (Lipinski definition) is 28. The fraction of sp³-hybridized carbons (Fsp3) is 0.362. The Morgan fingerprint density at radius 2 is 0.582 bits per heavy atom. The third kappa shape index (κ3) is 13.9. The lowest BCUT2D eigenvalue weighted by Gasteiger charge is -2.21. The maximum Gasteiger partial charge on any atom is 0.324 e. The van der Waals surface area contributed by atoms with Crippen LogP contribution in [0.1, 0.15) is 108 Å². The number of rotatable bonds is 16. The second-order valence-corrected chi connectivity index (χ2v) is 35.1. The minimum absolute atomic E-state index is 0.188. The van der Waals surface area contributed by atoms with E-state index in [0.717, 1.165) is 180 Å². The minimum Gasteiger partial charge on any atom is -0.423 e. The van der Waals surface area contributed by atoms with Crippen LogP contribution >= 0.6 is 0 Å². The van der Waals surface area contributed by atoms with E-state index < -0.39 is 0 Å². The zero-order valence-corrected chi connectivity index (χ0v) is 69.6. The quantitative estimate of drug-likeness (QED) is 0.0445. The summed E-state index contributed by atoms with van der Waals surface area (Å²) in [6.07, 6.45) is 22.9. The zero-order valence-electron chi connectivity index (χ0n) is 69.6. The first-order chi connectivity index (χ1) is 59.5. The van der Waals surface area contributed by atoms with Gasteiger partial charge in [0.2, 0.25) is 0 Å². The number of fused-ring (bicyclic) bond motifs is 12. The Balaban J connectivity index is 0.000000100. The van der Waals surface area contributed by atoms with E-state index in [1.165, 1.54) is 95.9 Å². The summed E-state index contributed by atoms with van der Waals surface area (Å²) in [4.78, 5) is 65.1. The molecule has 28 nitrogen and oxygen atoms in total. The molecule has 4 aliphatic heterocycles. The number of pyridine rings is 4. The van der Waals surface area contributed by atoms with Crippen LogP contribution in [-0.2, 0) is 25.7 Å². The predicted molar refractivity (Wildman–Crippen MR) is 473 cm³/mol. The van der Waals surface area contributed by atoms with Crippen LogP contribution in [0.4, 0.5) is 46.0 Å². The normalized spacial score (nSPS) is 20.1. The molecular weight excluding hydrogens is 1530 g/mol. The van der Waals surface area contributed by atoms with E-state index in [2.05, 4.69) is 134 Å². The molecule has 4 saturated carbocycles. The number of nitrogens with two attached hydrogens (primary N) is 4. The molecule has 0 amide bonds. The van der Waals surface area contributed by atoms with Gasteiger partial charge in [0.1, 0.15) is 46.3 Å². The second-order valence-electron chi connectivity index (χ2n) is 35.1. The highest BCUT2D eigenvalue weighted by atomic mass is 16.5. The molecule has 12 aromatic rings. The van der Waals surface area contributed by atoms with Gasteiger partial charge in [0.25, 0.3) is 0 Å². The van der Waals surface area contributed by atoms with Gasteiger partial charge in [-0.25, -0.2) is 0 Å². The average Bonchev–Trinajstić information content (AvgIpc) is 1.58. The van der Waals surface area contributed by atoms with Crippen LogP contribution in [0.2, 0.25) is 0 Å². The third-order valence-corrected chi connectivity index (χ3v) is 27.5. The van der Waals surface area contributed by atoms with E-state index in [1.54, 1.807) is 37.2 Å². The summed E-state index contributed by atoms with van der Waals surface area (Å²) in [5.41, 5.74) is 51.8. The summed E-state index contributed by atoms with van der Waals surface area (Å²) in [7, 11) is 7.83. The first-order valence-electron chi connectivity index (χ1n) is 42.7. The van der Waals surface area contributed by atoms with Crippen LogP contribution < -0.4 is 82.7 Å². The van der Waals surface area contributed by atoms with Crippen molar-refractivity contribution in [3.8, 4) is 91.5 Å². The Hall–Kier alpha value is -12.8. The molecule has 12 aliphatic rings. The maximum absolute atomic E-state index is 6.53. The van der Waals surface area contributed by atoms with E-state index >= 15 is 0 Å². The Bertz CT molecular complexity index is 5700. The topological polar surface area (TPSA) is 357 Å². The molecule has 28 heteroatoms. The molecule has 12 N–H and O–H groups in total. The van der Waals surface area contributed by atoms with Gasteiger partial charge in [0.15, 0.2) is 0 Å². The maximum atomic E-state index is 6.53. The molecule has 12 heterocycles. The van der Waals surface area contributed by atoms with Gasteiger partial charge in [-0.2, -0.15) is 39.9 Å². The fourth-order valence-electron chi connectivity index (χ4n) is 19.9. The molecule has 0 unspecified atom stereocenters. The van der Waals surface area contributed by atoms with E-state index in [0.29, 0.717) is 47.0 Å². The molecule has 8 aromatic heterocycles. The summed E-state index contributed by atoms with van der Waals surface area (Å²) in [5.74, 6) is 6.28. The van der Waals surface area contributed by atoms with Gasteiger partial charge in [0.05, 0.1) is 47.6 Å². The van der Waals surface area contributed by atoms with Gasteiger partial charge in [-0.15, -0.1) is 0 Å². The number of hydrogen-bond donors (Lipinski definition) is 8. The molecule has 122 heavy (non-hydrogen) atoms. The summed E-state index contributed by atoms with van der Waals surface area (Å²) >= 11 is 0. The number of anilines is 8. The van der Waals surface area contributed by atoms with Crippen LogP contribution in [0.5, 0.6) is 47.0 Å². The first-order valence-corrected chi connectivity index (χ1v) is 42.7. The monoisotopic (exact) mass is 1630 g/mol. The Kier molecular flexibility index (Phi) is 18.9. The number of aromatic nitrogens is 12. The van der Waals surface area contributed by atoms with E-state index in [-0.39, 0.29) is 45.8 Å². The van der Waals surface area contributed by atoms with Crippen molar-refractivity contribution in [1.82, 2.24) is 59.8 Å². The lowest BCUT2D eigenvalue weighted by Crippen LogP contribution is -2.30. The van der Waals surface area contributed by atoms with Crippen molar-refractivity contribution in [2.24, 2.45) is 44.6 Å². The van der Waals surface area contributed by atoms with Crippen molar-refractivity contribution in [3.05, 3.63) is 215 Å². The molecule has 4 aromatic carbocycles. The lowest BCUT2D eigenvalue weighted by atomic mass is 10.0. The van der Waals surface area contributed by atoms with Gasteiger partial charge < -0.3 is 82.7 Å². The highest BCUT2D eigenvalue weighted by Gasteiger charge is 2.58. The number of benzene rings is 4. The zero-order chi connectivity index (χ0) is 82.9. The molecule has 4 spiro atoms. The van der Waals surface area contributed by atoms with Gasteiger partial charge in [0, 0.05) is 221 Å². The fourth-order valence-corrected chi connectivity index (χ4v) is 19.9. The molecule has 620 valence electrons. The van der Waals surface area contributed by atoms with Crippen molar-refractivity contribution in [2.75, 3.05) is 121 Å². The van der Waals surface area contributed by atoms with Crippen molar-refractivity contribution < 1.29 is 18.9 Å². The number of aryl methyl sites for hydroxylation is 2. The minimum atomic E-state index is 0.188. The summed E-state index contributed by atoms with van der Waals surface area (Å²) in [6.45, 7) is 11.0. The summed E-state index contributed by atoms with van der Waals surface area (Å²) < 4.78 is 24.1. The molecule has 24 rings (SSSR count). The first kappa shape index (κ1) is 76.6. The molecule has 0 radical (unpaired) electrons. The van der Waals surface area contributed by atoms with Crippen molar-refractivity contribution >= 4 is 46.0 Å². The predicted octanol–water partition coefficient (Wildman–Crippen LogP) is 13.4. The van der Waals surface area contributed by atoms with E-state index in [9.17, 15) is 0 Å². The summed E-state index contributed by atoms with van der Waals surface area (Å²) in [6, 6.07) is 42.7. The standard InChI is InChI=1S/2C24H26N6O.2C23H24N6O/c2*1-14-6-7-15(11-27-14)31-23-28-19-10-17-16(4-3-5-18(17)26-2)21(19)22(29-23)30-12-20(25)24(13-30)8-9-24;2*1-25-17-6-2-5-15-16(17)10-18-20(15)21(29-12-19(24)23(13-29)7-8-23)28-22(27-18)30-14-4-3-9-26-11-14/h2*3-7,11,20,26H,8-10,12-13,25H2,1-2H3;2*2-6,9,11,19,25H,7-8,10,12-13,24H2,1H3/t2*20-;2*19-/m1010/s1. The SMILES string of the molecule is CNc1cccc2c1Cc1nc(Oc3ccc(C)nc3)nc(N3C[C@@H](N)C4(CC4)C3)c1-2.CNc1cccc2c1Cc1nc(Oc3ccc(C)nc3)nc(N3C[C@H](N)C4(CC4)C3)c1-2.CNc1cccc2c1Cc1nc(Oc3cccnc3)nc(N3C[C@@H](N)C4(CC4)C3)c1-2.CNc1cccc2c1Cc1nc(Oc3cccnc3)nc(N3C[C@H](N)C4(CC4)C3)c1-2. The average molecular weight is 1630 g/mol. The third-order valence-electron chi connectivity index (χ3n) is 27.5. The van der Waals surface area contributed by atoms with Crippen molar-refractivity contribution in [1.29, 1.82) is 0 Å². The Morgan fingerprint density at radius 1 is 0.320 bits per heavy atom.